The number of aryl methyl sites for hydroxylation is 2. The van der Waals surface area contributed by atoms with Crippen LogP contribution in [0.15, 0.2) is 140 Å². The molecule has 2 aromatic heterocycles. The van der Waals surface area contributed by atoms with Crippen LogP contribution in [-0.2, 0) is 37.6 Å². The number of hydrogen-bond acceptors (Lipinski definition) is 10. The number of ether oxygens (including phenoxy) is 1. The number of nitrogen functional groups attached to an aromatic ring is 1. The Bertz CT molecular complexity index is 2560. The zero-order valence-electron chi connectivity index (χ0n) is 33.5. The van der Waals surface area contributed by atoms with Gasteiger partial charge in [0.1, 0.15) is 17.3 Å². The molecule has 0 radical (unpaired) electrons. The van der Waals surface area contributed by atoms with Gasteiger partial charge >= 0.3 is 0 Å². The fourth-order valence-corrected chi connectivity index (χ4v) is 6.40. The number of nitrogens with one attached hydrogen (secondary N) is 3. The van der Waals surface area contributed by atoms with E-state index in [1.54, 1.807) is 26.2 Å². The van der Waals surface area contributed by atoms with Gasteiger partial charge < -0.3 is 36.4 Å². The summed E-state index contributed by atoms with van der Waals surface area (Å²) < 4.78 is 5.88. The number of aromatic hydroxyl groups is 2. The van der Waals surface area contributed by atoms with Crippen LogP contribution in [0.5, 0.6) is 11.5 Å². The first-order chi connectivity index (χ1) is 29.1. The van der Waals surface area contributed by atoms with E-state index in [1.807, 2.05) is 127 Å². The van der Waals surface area contributed by atoms with Gasteiger partial charge in [-0.2, -0.15) is 5.26 Å². The maximum absolute atomic E-state index is 10.6. The van der Waals surface area contributed by atoms with Gasteiger partial charge in [-0.05, 0) is 78.1 Å². The van der Waals surface area contributed by atoms with Crippen LogP contribution in [0.2, 0.25) is 0 Å². The first kappa shape index (κ1) is 42.1. The summed E-state index contributed by atoms with van der Waals surface area (Å²) in [6.45, 7) is 5.05. The Labute approximate surface area is 350 Å². The zero-order valence-corrected chi connectivity index (χ0v) is 33.5. The Kier molecular flexibility index (Phi) is 14.2. The number of anilines is 2. The monoisotopic (exact) mass is 797 g/mol. The molecule has 0 spiro atoms. The third-order valence-electron chi connectivity index (χ3n) is 9.98. The summed E-state index contributed by atoms with van der Waals surface area (Å²) in [5.41, 5.74) is 18.0. The molecule has 0 saturated heterocycles. The lowest BCUT2D eigenvalue weighted by Gasteiger charge is -2.15. The minimum absolute atomic E-state index is 0.0537. The molecular formula is C49H47N7O4. The van der Waals surface area contributed by atoms with Crippen molar-refractivity contribution in [3.63, 3.8) is 0 Å². The Hall–Kier alpha value is -7.52. The number of aliphatic hydroxyl groups is 1. The van der Waals surface area contributed by atoms with Crippen LogP contribution < -0.4 is 16.4 Å². The molecular weight excluding hydrogens is 751 g/mol. The van der Waals surface area contributed by atoms with E-state index in [2.05, 4.69) is 26.7 Å². The van der Waals surface area contributed by atoms with E-state index < -0.39 is 0 Å². The van der Waals surface area contributed by atoms with Crippen molar-refractivity contribution in [3.05, 3.63) is 190 Å². The van der Waals surface area contributed by atoms with Crippen LogP contribution >= 0.6 is 0 Å². The van der Waals surface area contributed by atoms with E-state index in [9.17, 15) is 15.3 Å². The van der Waals surface area contributed by atoms with E-state index >= 15 is 0 Å². The van der Waals surface area contributed by atoms with Crippen LogP contribution in [0.3, 0.4) is 0 Å². The van der Waals surface area contributed by atoms with Crippen molar-refractivity contribution >= 4 is 17.2 Å². The van der Waals surface area contributed by atoms with Gasteiger partial charge in [0.25, 0.3) is 0 Å². The highest BCUT2D eigenvalue weighted by molar-refractivity contribution is 5.95. The molecule has 60 heavy (non-hydrogen) atoms. The van der Waals surface area contributed by atoms with Gasteiger partial charge in [0, 0.05) is 64.7 Å². The van der Waals surface area contributed by atoms with Gasteiger partial charge in [0.2, 0.25) is 0 Å². The number of pyridine rings is 2. The number of nitrogens with zero attached hydrogens (tertiary/aromatic N) is 3. The van der Waals surface area contributed by atoms with Gasteiger partial charge in [0.05, 0.1) is 42.8 Å². The van der Waals surface area contributed by atoms with Crippen LogP contribution in [-0.4, -0.2) is 31.1 Å². The summed E-state index contributed by atoms with van der Waals surface area (Å²) >= 11 is 0. The highest BCUT2D eigenvalue weighted by Crippen LogP contribution is 2.29. The Morgan fingerprint density at radius 3 is 1.57 bits per heavy atom. The first-order valence-corrected chi connectivity index (χ1v) is 19.3. The molecule has 0 bridgehead atoms. The Morgan fingerprint density at radius 1 is 0.650 bits per heavy atom. The predicted octanol–water partition coefficient (Wildman–Crippen LogP) is 9.11. The van der Waals surface area contributed by atoms with Gasteiger partial charge in [-0.15, -0.1) is 0 Å². The van der Waals surface area contributed by atoms with Crippen molar-refractivity contribution in [1.29, 1.82) is 10.7 Å². The molecule has 8 N–H and O–H groups in total. The average molecular weight is 798 g/mol. The normalized spacial score (nSPS) is 10.6. The summed E-state index contributed by atoms with van der Waals surface area (Å²) in [4.78, 5) is 8.37. The molecule has 11 nitrogen and oxygen atoms in total. The van der Waals surface area contributed by atoms with Gasteiger partial charge in [-0.3, -0.25) is 15.4 Å². The molecule has 302 valence electrons. The van der Waals surface area contributed by atoms with Gasteiger partial charge in [-0.25, -0.2) is 0 Å². The summed E-state index contributed by atoms with van der Waals surface area (Å²) in [6.07, 6.45) is 3.35. The van der Waals surface area contributed by atoms with Crippen LogP contribution in [0.4, 0.5) is 11.4 Å². The molecule has 0 aliphatic heterocycles. The van der Waals surface area contributed by atoms with Gasteiger partial charge in [0.15, 0.2) is 0 Å². The van der Waals surface area contributed by atoms with Crippen LogP contribution in [0, 0.1) is 30.6 Å². The average Bonchev–Trinajstić information content (AvgIpc) is 3.29. The Morgan fingerprint density at radius 2 is 1.10 bits per heavy atom. The van der Waals surface area contributed by atoms with Crippen molar-refractivity contribution in [2.24, 2.45) is 5.73 Å². The predicted molar refractivity (Wildman–Crippen MR) is 236 cm³/mol. The number of nitriles is 1. The van der Waals surface area contributed by atoms with Gasteiger partial charge in [-0.1, -0.05) is 91.0 Å². The largest absolute Gasteiger partial charge is 0.506 e. The molecule has 0 saturated carbocycles. The Balaban J connectivity index is 0.000000205. The molecule has 11 heteroatoms. The van der Waals surface area contributed by atoms with Crippen molar-refractivity contribution < 1.29 is 20.1 Å². The number of benzene rings is 5. The smallest absolute Gasteiger partial charge is 0.142 e. The molecule has 2 heterocycles. The van der Waals surface area contributed by atoms with E-state index in [0.717, 1.165) is 50.3 Å². The zero-order chi connectivity index (χ0) is 42.4. The second kappa shape index (κ2) is 20.3. The summed E-state index contributed by atoms with van der Waals surface area (Å²) in [5.74, 6) is 0.353. The molecule has 0 amide bonds. The minimum Gasteiger partial charge on any atom is -0.506 e. The number of aromatic nitrogens is 2. The van der Waals surface area contributed by atoms with E-state index in [0.29, 0.717) is 59.9 Å². The topological polar surface area (TPSA) is 193 Å². The lowest BCUT2D eigenvalue weighted by molar-refractivity contribution is 0.106. The highest BCUT2D eigenvalue weighted by Gasteiger charge is 2.14. The molecule has 0 fully saturated rings. The molecule has 0 unspecified atom stereocenters. The summed E-state index contributed by atoms with van der Waals surface area (Å²) in [7, 11) is 0. The van der Waals surface area contributed by atoms with Crippen molar-refractivity contribution in [2.75, 3.05) is 10.6 Å². The number of amidine groups is 1. The summed E-state index contributed by atoms with van der Waals surface area (Å²) in [5, 5.41) is 53.3. The lowest BCUT2D eigenvalue weighted by Crippen LogP contribution is -2.10. The van der Waals surface area contributed by atoms with Crippen molar-refractivity contribution in [3.8, 4) is 39.8 Å². The lowest BCUT2D eigenvalue weighted by atomic mass is 10.0. The van der Waals surface area contributed by atoms with E-state index in [1.165, 1.54) is 0 Å². The third kappa shape index (κ3) is 10.9. The second-order valence-corrected chi connectivity index (χ2v) is 14.1. The second-order valence-electron chi connectivity index (χ2n) is 14.1. The number of rotatable bonds is 14. The maximum atomic E-state index is 10.6. The third-order valence-corrected chi connectivity index (χ3v) is 9.98. The quantitative estimate of drug-likeness (QED) is 0.0412. The van der Waals surface area contributed by atoms with Crippen molar-refractivity contribution in [2.45, 2.75) is 46.8 Å². The molecule has 7 rings (SSSR count). The molecule has 0 aliphatic rings. The standard InChI is InChI=1S/C28H25N3O2.C21H22N4O2/c1-20-28(32)27(25(16-30-20)19-33-18-22-5-3-2-4-6-22)17-31-26-13-11-24(12-14-26)23-9-7-21(15-29)8-10-23;1-13-20(27)19(17(12-26)10-24-13)11-25-18-8-6-15(7-9-18)14-2-4-16(5-3-14)21(22)23/h2-14,16,31-32H,17-19H2,1H3;2-10,25-27H,11-12H2,1H3,(H3,22,23). The SMILES string of the molecule is Cc1ncc(CO)c(CNc2ccc(-c3ccc(C(=N)N)cc3)cc2)c1O.Cc1ncc(COCc2ccccc2)c(CNc2ccc(-c3ccc(C#N)cc3)cc2)c1O. The fraction of sp³-hybridized carbons (Fsp3) is 0.143. The number of nitrogens with two attached hydrogens (primary N) is 1. The van der Waals surface area contributed by atoms with E-state index in [-0.39, 0.29) is 23.9 Å². The van der Waals surface area contributed by atoms with Crippen LogP contribution in [0.1, 0.15) is 50.3 Å². The molecule has 7 aromatic rings. The molecule has 5 aromatic carbocycles. The van der Waals surface area contributed by atoms with Crippen LogP contribution in [0.25, 0.3) is 22.3 Å². The maximum Gasteiger partial charge on any atom is 0.142 e. The first-order valence-electron chi connectivity index (χ1n) is 19.3. The number of aliphatic hydroxyl groups excluding tert-OH is 1. The molecule has 0 atom stereocenters. The molecule has 0 aliphatic carbocycles. The summed E-state index contributed by atoms with van der Waals surface area (Å²) in [6, 6.07) is 43.2. The van der Waals surface area contributed by atoms with E-state index in [4.69, 9.17) is 21.1 Å². The number of hydrogen-bond donors (Lipinski definition) is 7. The van der Waals surface area contributed by atoms with Crippen molar-refractivity contribution in [1.82, 2.24) is 9.97 Å². The highest BCUT2D eigenvalue weighted by atomic mass is 16.5. The minimum atomic E-state index is -0.174. The fourth-order valence-electron chi connectivity index (χ4n) is 6.40.